The molecule has 2 aromatic carbocycles. The molecule has 0 aliphatic carbocycles. The van der Waals surface area contributed by atoms with Crippen LogP contribution in [0.25, 0.3) is 10.9 Å². The zero-order valence-corrected chi connectivity index (χ0v) is 12.3. The van der Waals surface area contributed by atoms with Gasteiger partial charge in [0.1, 0.15) is 0 Å². The fourth-order valence-corrected chi connectivity index (χ4v) is 2.91. The predicted molar refractivity (Wildman–Crippen MR) is 85.3 cm³/mol. The topological polar surface area (TPSA) is 83.0 Å². The number of hydrogen-bond donors (Lipinski definition) is 2. The minimum atomic E-state index is -0.933. The Labute approximate surface area is 130 Å². The van der Waals surface area contributed by atoms with Crippen molar-refractivity contribution < 1.29 is 9.90 Å². The van der Waals surface area contributed by atoms with Crippen molar-refractivity contribution in [3.63, 3.8) is 0 Å². The highest BCUT2D eigenvalue weighted by Gasteiger charge is 2.04. The molecule has 0 saturated heterocycles. The highest BCUT2D eigenvalue weighted by atomic mass is 32.2. The molecule has 0 radical (unpaired) electrons. The number of aromatic carboxylic acids is 1. The summed E-state index contributed by atoms with van der Waals surface area (Å²) in [4.78, 5) is 30.2. The summed E-state index contributed by atoms with van der Waals surface area (Å²) in [5, 5.41) is 9.44. The third kappa shape index (κ3) is 3.01. The van der Waals surface area contributed by atoms with E-state index in [0.29, 0.717) is 16.7 Å². The van der Waals surface area contributed by atoms with Gasteiger partial charge in [-0.3, -0.25) is 4.79 Å². The van der Waals surface area contributed by atoms with E-state index in [1.165, 1.54) is 6.33 Å². The van der Waals surface area contributed by atoms with Crippen molar-refractivity contribution in [2.75, 3.05) is 0 Å². The normalized spacial score (nSPS) is 10.7. The Kier molecular flexibility index (Phi) is 3.93. The molecule has 1 aromatic heterocycles. The van der Waals surface area contributed by atoms with Crippen molar-refractivity contribution in [1.82, 2.24) is 9.97 Å². The van der Waals surface area contributed by atoms with E-state index in [1.54, 1.807) is 36.0 Å². The van der Waals surface area contributed by atoms with Gasteiger partial charge in [-0.2, -0.15) is 0 Å². The molecule has 0 aliphatic heterocycles. The lowest BCUT2D eigenvalue weighted by atomic mass is 10.2. The fraction of sp³-hybridized carbons (Fsp3) is 0.0625. The summed E-state index contributed by atoms with van der Waals surface area (Å²) in [5.74, 6) is -0.241. The molecule has 3 aromatic rings. The summed E-state index contributed by atoms with van der Waals surface area (Å²) in [5.41, 5.74) is 1.80. The first-order valence-corrected chi connectivity index (χ1v) is 7.54. The lowest BCUT2D eigenvalue weighted by Crippen LogP contribution is -2.06. The fourth-order valence-electron chi connectivity index (χ4n) is 2.07. The first-order valence-electron chi connectivity index (χ1n) is 6.56. The lowest BCUT2D eigenvalue weighted by molar-refractivity contribution is 0.0697. The summed E-state index contributed by atoms with van der Waals surface area (Å²) < 4.78 is 0. The molecule has 0 amide bonds. The quantitative estimate of drug-likeness (QED) is 0.724. The third-order valence-corrected chi connectivity index (χ3v) is 4.29. The van der Waals surface area contributed by atoms with Gasteiger partial charge in [0.25, 0.3) is 5.56 Å². The second-order valence-electron chi connectivity index (χ2n) is 4.70. The second kappa shape index (κ2) is 6.03. The SMILES string of the molecule is O=C(O)c1ccc(SCc2ccc3nc[nH]c(=O)c3c2)cc1. The van der Waals surface area contributed by atoms with Gasteiger partial charge in [0.15, 0.2) is 0 Å². The zero-order chi connectivity index (χ0) is 15.5. The van der Waals surface area contributed by atoms with Gasteiger partial charge in [-0.1, -0.05) is 6.07 Å². The van der Waals surface area contributed by atoms with Crippen LogP contribution < -0.4 is 5.56 Å². The lowest BCUT2D eigenvalue weighted by Gasteiger charge is -2.04. The molecular formula is C16H12N2O3S. The molecule has 0 bridgehead atoms. The van der Waals surface area contributed by atoms with Gasteiger partial charge in [0.2, 0.25) is 0 Å². The van der Waals surface area contributed by atoms with Crippen molar-refractivity contribution in [1.29, 1.82) is 0 Å². The standard InChI is InChI=1S/C16H12N2O3S/c19-15-13-7-10(1-6-14(13)17-9-18-15)8-22-12-4-2-11(3-5-12)16(20)21/h1-7,9H,8H2,(H,20,21)(H,17,18,19). The van der Waals surface area contributed by atoms with Crippen molar-refractivity contribution in [3.8, 4) is 0 Å². The first kappa shape index (κ1) is 14.3. The van der Waals surface area contributed by atoms with Crippen LogP contribution in [0.3, 0.4) is 0 Å². The van der Waals surface area contributed by atoms with E-state index in [4.69, 9.17) is 5.11 Å². The number of fused-ring (bicyclic) bond motifs is 1. The van der Waals surface area contributed by atoms with Crippen LogP contribution in [-0.2, 0) is 5.75 Å². The zero-order valence-electron chi connectivity index (χ0n) is 11.4. The van der Waals surface area contributed by atoms with E-state index >= 15 is 0 Å². The van der Waals surface area contributed by atoms with E-state index in [-0.39, 0.29) is 11.1 Å². The number of aromatic nitrogens is 2. The van der Waals surface area contributed by atoms with Crippen LogP contribution in [0, 0.1) is 0 Å². The molecule has 2 N–H and O–H groups in total. The molecule has 0 unspecified atom stereocenters. The van der Waals surface area contributed by atoms with Gasteiger partial charge in [-0.05, 0) is 42.0 Å². The Hall–Kier alpha value is -2.60. The molecule has 6 heteroatoms. The number of H-pyrrole nitrogens is 1. The van der Waals surface area contributed by atoms with Crippen LogP contribution in [0.15, 0.2) is 58.5 Å². The van der Waals surface area contributed by atoms with E-state index in [9.17, 15) is 9.59 Å². The Morgan fingerprint density at radius 2 is 1.95 bits per heavy atom. The van der Waals surface area contributed by atoms with Crippen molar-refractivity contribution in [3.05, 3.63) is 70.3 Å². The number of thioether (sulfide) groups is 1. The molecule has 0 fully saturated rings. The highest BCUT2D eigenvalue weighted by Crippen LogP contribution is 2.24. The maximum atomic E-state index is 11.7. The van der Waals surface area contributed by atoms with Gasteiger partial charge in [-0.25, -0.2) is 9.78 Å². The van der Waals surface area contributed by atoms with E-state index < -0.39 is 5.97 Å². The minimum absolute atomic E-state index is 0.150. The van der Waals surface area contributed by atoms with Crippen molar-refractivity contribution in [2.45, 2.75) is 10.6 Å². The maximum Gasteiger partial charge on any atom is 0.335 e. The summed E-state index contributed by atoms with van der Waals surface area (Å²) in [6.45, 7) is 0. The number of aromatic amines is 1. The average molecular weight is 312 g/mol. The number of carbonyl (C=O) groups is 1. The van der Waals surface area contributed by atoms with E-state index in [1.807, 2.05) is 18.2 Å². The molecule has 0 atom stereocenters. The maximum absolute atomic E-state index is 11.7. The highest BCUT2D eigenvalue weighted by molar-refractivity contribution is 7.98. The molecule has 110 valence electrons. The van der Waals surface area contributed by atoms with Crippen LogP contribution in [0.5, 0.6) is 0 Å². The van der Waals surface area contributed by atoms with Crippen molar-refractivity contribution >= 4 is 28.6 Å². The monoisotopic (exact) mass is 312 g/mol. The van der Waals surface area contributed by atoms with Crippen molar-refractivity contribution in [2.24, 2.45) is 0 Å². The number of nitrogens with one attached hydrogen (secondary N) is 1. The Bertz CT molecular complexity index is 888. The summed E-state index contributed by atoms with van der Waals surface area (Å²) in [6, 6.07) is 12.3. The third-order valence-electron chi connectivity index (χ3n) is 3.21. The number of nitrogens with zero attached hydrogens (tertiary/aromatic N) is 1. The van der Waals surface area contributed by atoms with Gasteiger partial charge in [0.05, 0.1) is 22.8 Å². The Balaban J connectivity index is 1.77. The van der Waals surface area contributed by atoms with Crippen LogP contribution in [0.4, 0.5) is 0 Å². The first-order chi connectivity index (χ1) is 10.6. The second-order valence-corrected chi connectivity index (χ2v) is 5.75. The molecule has 3 rings (SSSR count). The van der Waals surface area contributed by atoms with Gasteiger partial charge < -0.3 is 10.1 Å². The number of carboxylic acid groups (broad SMARTS) is 1. The van der Waals surface area contributed by atoms with E-state index in [2.05, 4.69) is 9.97 Å². The van der Waals surface area contributed by atoms with Crippen LogP contribution >= 0.6 is 11.8 Å². The molecule has 0 aliphatic rings. The van der Waals surface area contributed by atoms with Crippen LogP contribution in [0.2, 0.25) is 0 Å². The van der Waals surface area contributed by atoms with Gasteiger partial charge in [-0.15, -0.1) is 11.8 Å². The molecule has 0 spiro atoms. The molecule has 5 nitrogen and oxygen atoms in total. The molecular weight excluding hydrogens is 300 g/mol. The predicted octanol–water partition coefficient (Wildman–Crippen LogP) is 2.91. The van der Waals surface area contributed by atoms with Gasteiger partial charge >= 0.3 is 5.97 Å². The molecule has 0 saturated carbocycles. The number of hydrogen-bond acceptors (Lipinski definition) is 4. The smallest absolute Gasteiger partial charge is 0.335 e. The number of benzene rings is 2. The van der Waals surface area contributed by atoms with Crippen LogP contribution in [-0.4, -0.2) is 21.0 Å². The molecule has 22 heavy (non-hydrogen) atoms. The summed E-state index contributed by atoms with van der Waals surface area (Å²) in [7, 11) is 0. The Morgan fingerprint density at radius 3 is 2.68 bits per heavy atom. The average Bonchev–Trinajstić information content (AvgIpc) is 2.54. The van der Waals surface area contributed by atoms with Gasteiger partial charge in [0, 0.05) is 10.6 Å². The Morgan fingerprint density at radius 1 is 1.18 bits per heavy atom. The minimum Gasteiger partial charge on any atom is -0.478 e. The number of rotatable bonds is 4. The van der Waals surface area contributed by atoms with E-state index in [0.717, 1.165) is 10.5 Å². The summed E-state index contributed by atoms with van der Waals surface area (Å²) in [6.07, 6.45) is 1.39. The summed E-state index contributed by atoms with van der Waals surface area (Å²) >= 11 is 1.58. The largest absolute Gasteiger partial charge is 0.478 e. The van der Waals surface area contributed by atoms with Crippen LogP contribution in [0.1, 0.15) is 15.9 Å². The number of carboxylic acids is 1. The molecule has 1 heterocycles.